The molecule has 21 heavy (non-hydrogen) atoms. The molecule has 0 amide bonds. The van der Waals surface area contributed by atoms with E-state index in [-0.39, 0.29) is 21.5 Å². The topological polar surface area (TPSA) is 43.4 Å². The van der Waals surface area contributed by atoms with E-state index in [1.165, 1.54) is 24.3 Å². The third kappa shape index (κ3) is 3.95. The first-order valence-electron chi connectivity index (χ1n) is 5.89. The Hall–Kier alpha value is -1.14. The van der Waals surface area contributed by atoms with Crippen LogP contribution >= 0.6 is 23.2 Å². The summed E-state index contributed by atoms with van der Waals surface area (Å²) in [4.78, 5) is 0.0485. The van der Waals surface area contributed by atoms with E-state index in [2.05, 4.69) is 0 Å². The minimum atomic E-state index is -3.89. The summed E-state index contributed by atoms with van der Waals surface area (Å²) in [6.45, 7) is 1.57. The van der Waals surface area contributed by atoms with Gasteiger partial charge in [0.25, 0.3) is 10.1 Å². The van der Waals surface area contributed by atoms with Crippen molar-refractivity contribution in [3.63, 3.8) is 0 Å². The van der Waals surface area contributed by atoms with E-state index >= 15 is 0 Å². The first-order valence-corrected chi connectivity index (χ1v) is 8.05. The lowest BCUT2D eigenvalue weighted by Crippen LogP contribution is -2.06. The summed E-state index contributed by atoms with van der Waals surface area (Å²) in [6, 6.07) is 8.79. The van der Waals surface area contributed by atoms with Crippen LogP contribution in [0, 0.1) is 12.7 Å². The van der Waals surface area contributed by atoms with Crippen LogP contribution in [0.15, 0.2) is 41.3 Å². The lowest BCUT2D eigenvalue weighted by molar-refractivity contribution is 0.308. The Bertz CT molecular complexity index is 735. The van der Waals surface area contributed by atoms with Crippen LogP contribution in [-0.4, -0.2) is 8.42 Å². The van der Waals surface area contributed by atoms with Crippen LogP contribution in [0.4, 0.5) is 4.39 Å². The lowest BCUT2D eigenvalue weighted by Gasteiger charge is -2.07. The maximum Gasteiger partial charge on any atom is 0.297 e. The zero-order valence-corrected chi connectivity index (χ0v) is 13.3. The summed E-state index contributed by atoms with van der Waals surface area (Å²) in [7, 11) is -3.89. The van der Waals surface area contributed by atoms with Gasteiger partial charge in [-0.2, -0.15) is 8.42 Å². The van der Waals surface area contributed by atoms with E-state index in [1.807, 2.05) is 6.92 Å². The molecule has 0 bridgehead atoms. The second kappa shape index (κ2) is 6.32. The van der Waals surface area contributed by atoms with Crippen LogP contribution < -0.4 is 0 Å². The van der Waals surface area contributed by atoms with Crippen LogP contribution in [0.3, 0.4) is 0 Å². The van der Waals surface area contributed by atoms with E-state index < -0.39 is 15.9 Å². The van der Waals surface area contributed by atoms with Gasteiger partial charge in [-0.1, -0.05) is 40.9 Å². The molecule has 0 saturated carbocycles. The van der Waals surface area contributed by atoms with Gasteiger partial charge in [0, 0.05) is 0 Å². The Labute approximate surface area is 132 Å². The van der Waals surface area contributed by atoms with E-state index in [1.54, 1.807) is 12.1 Å². The zero-order valence-electron chi connectivity index (χ0n) is 10.9. The average Bonchev–Trinajstić information content (AvgIpc) is 2.43. The molecular formula is C14H11Cl2FO3S. The smallest absolute Gasteiger partial charge is 0.262 e. The standard InChI is InChI=1S/C14H11Cl2FO3S/c1-9-2-4-11(5-3-9)21(18,19)20-8-10-6-12(15)14(17)13(16)7-10/h2-7H,8H2,1H3. The molecule has 0 fully saturated rings. The highest BCUT2D eigenvalue weighted by Gasteiger charge is 2.16. The molecule has 0 spiro atoms. The zero-order chi connectivity index (χ0) is 15.6. The van der Waals surface area contributed by atoms with Crippen molar-refractivity contribution in [3.05, 3.63) is 63.4 Å². The monoisotopic (exact) mass is 348 g/mol. The normalized spacial score (nSPS) is 11.6. The molecule has 0 unspecified atom stereocenters. The van der Waals surface area contributed by atoms with E-state index in [4.69, 9.17) is 27.4 Å². The van der Waals surface area contributed by atoms with Gasteiger partial charge in [-0.3, -0.25) is 4.18 Å². The van der Waals surface area contributed by atoms with Crippen molar-refractivity contribution in [1.29, 1.82) is 0 Å². The quantitative estimate of drug-likeness (QED) is 0.609. The summed E-state index contributed by atoms with van der Waals surface area (Å²) < 4.78 is 42.2. The molecule has 2 aromatic carbocycles. The van der Waals surface area contributed by atoms with Crippen molar-refractivity contribution in [2.24, 2.45) is 0 Å². The van der Waals surface area contributed by atoms with Crippen LogP contribution in [0.25, 0.3) is 0 Å². The van der Waals surface area contributed by atoms with Crippen molar-refractivity contribution in [1.82, 2.24) is 0 Å². The molecule has 112 valence electrons. The third-order valence-corrected chi connectivity index (χ3v) is 4.56. The van der Waals surface area contributed by atoms with Crippen LogP contribution in [-0.2, 0) is 20.9 Å². The molecule has 3 nitrogen and oxygen atoms in total. The van der Waals surface area contributed by atoms with E-state index in [0.717, 1.165) is 5.56 Å². The van der Waals surface area contributed by atoms with Gasteiger partial charge in [0.2, 0.25) is 0 Å². The van der Waals surface area contributed by atoms with E-state index in [0.29, 0.717) is 5.56 Å². The molecule has 0 aliphatic carbocycles. The van der Waals surface area contributed by atoms with Gasteiger partial charge in [-0.15, -0.1) is 0 Å². The molecule has 2 aromatic rings. The fourth-order valence-electron chi connectivity index (χ4n) is 1.61. The van der Waals surface area contributed by atoms with Gasteiger partial charge in [0.05, 0.1) is 21.5 Å². The number of hydrogen-bond acceptors (Lipinski definition) is 3. The highest BCUT2D eigenvalue weighted by atomic mass is 35.5. The molecule has 0 heterocycles. The summed E-state index contributed by atoms with van der Waals surface area (Å²) in [6.07, 6.45) is 0. The van der Waals surface area contributed by atoms with Crippen molar-refractivity contribution in [2.75, 3.05) is 0 Å². The molecule has 7 heteroatoms. The number of halogens is 3. The first kappa shape index (κ1) is 16.2. The number of aryl methyl sites for hydroxylation is 1. The van der Waals surface area contributed by atoms with Gasteiger partial charge in [0.15, 0.2) is 5.82 Å². The average molecular weight is 349 g/mol. The fraction of sp³-hybridized carbons (Fsp3) is 0.143. The Balaban J connectivity index is 2.17. The molecule has 0 atom stereocenters. The fourth-order valence-corrected chi connectivity index (χ4v) is 3.04. The van der Waals surface area contributed by atoms with Gasteiger partial charge < -0.3 is 0 Å². The minimum Gasteiger partial charge on any atom is -0.262 e. The molecule has 0 aliphatic rings. The summed E-state index contributed by atoms with van der Waals surface area (Å²) >= 11 is 11.3. The molecule has 0 aliphatic heterocycles. The number of rotatable bonds is 4. The Kier molecular flexibility index (Phi) is 4.88. The summed E-state index contributed by atoms with van der Waals surface area (Å²) in [5.41, 5.74) is 1.30. The number of benzene rings is 2. The van der Waals surface area contributed by atoms with Crippen LogP contribution in [0.1, 0.15) is 11.1 Å². The maximum absolute atomic E-state index is 13.3. The predicted octanol–water partition coefficient (Wildman–Crippen LogP) is 4.35. The van der Waals surface area contributed by atoms with Crippen LogP contribution in [0.5, 0.6) is 0 Å². The van der Waals surface area contributed by atoms with Crippen molar-refractivity contribution >= 4 is 33.3 Å². The largest absolute Gasteiger partial charge is 0.297 e. The SMILES string of the molecule is Cc1ccc(S(=O)(=O)OCc2cc(Cl)c(F)c(Cl)c2)cc1. The number of hydrogen-bond donors (Lipinski definition) is 0. The lowest BCUT2D eigenvalue weighted by atomic mass is 10.2. The van der Waals surface area contributed by atoms with Gasteiger partial charge in [-0.25, -0.2) is 4.39 Å². The van der Waals surface area contributed by atoms with Crippen molar-refractivity contribution in [3.8, 4) is 0 Å². The Morgan fingerprint density at radius 3 is 2.14 bits per heavy atom. The third-order valence-electron chi connectivity index (χ3n) is 2.73. The Morgan fingerprint density at radius 1 is 1.10 bits per heavy atom. The molecular weight excluding hydrogens is 338 g/mol. The summed E-state index contributed by atoms with van der Waals surface area (Å²) in [5, 5.41) is -0.373. The highest BCUT2D eigenvalue weighted by Crippen LogP contribution is 2.25. The molecule has 0 N–H and O–H groups in total. The van der Waals surface area contributed by atoms with Crippen molar-refractivity contribution < 1.29 is 17.0 Å². The molecule has 0 saturated heterocycles. The molecule has 0 aromatic heterocycles. The Morgan fingerprint density at radius 2 is 1.62 bits per heavy atom. The van der Waals surface area contributed by atoms with Gasteiger partial charge in [0.1, 0.15) is 0 Å². The minimum absolute atomic E-state index is 0.0485. The molecule has 0 radical (unpaired) electrons. The predicted molar refractivity (Wildman–Crippen MR) is 79.6 cm³/mol. The van der Waals surface area contributed by atoms with Gasteiger partial charge >= 0.3 is 0 Å². The second-order valence-electron chi connectivity index (χ2n) is 4.40. The van der Waals surface area contributed by atoms with E-state index in [9.17, 15) is 12.8 Å². The molecule has 2 rings (SSSR count). The second-order valence-corrected chi connectivity index (χ2v) is 6.83. The van der Waals surface area contributed by atoms with Gasteiger partial charge in [-0.05, 0) is 36.8 Å². The maximum atomic E-state index is 13.3. The summed E-state index contributed by atoms with van der Waals surface area (Å²) in [5.74, 6) is -0.747. The van der Waals surface area contributed by atoms with Crippen molar-refractivity contribution in [2.45, 2.75) is 18.4 Å². The first-order chi connectivity index (χ1) is 9.79. The highest BCUT2D eigenvalue weighted by molar-refractivity contribution is 7.86. The van der Waals surface area contributed by atoms with Crippen LogP contribution in [0.2, 0.25) is 10.0 Å².